The number of halogens is 1. The molecule has 0 radical (unpaired) electrons. The van der Waals surface area contributed by atoms with Crippen LogP contribution in [0.15, 0.2) is 54.7 Å². The summed E-state index contributed by atoms with van der Waals surface area (Å²) in [6.45, 7) is 0.521. The summed E-state index contributed by atoms with van der Waals surface area (Å²) < 4.78 is 14.8. The third-order valence-corrected chi connectivity index (χ3v) is 5.92. The van der Waals surface area contributed by atoms with E-state index in [2.05, 4.69) is 25.6 Å². The van der Waals surface area contributed by atoms with Gasteiger partial charge in [-0.25, -0.2) is 9.18 Å². The van der Waals surface area contributed by atoms with Gasteiger partial charge in [-0.1, -0.05) is 12.1 Å². The molecule has 0 unspecified atom stereocenters. The van der Waals surface area contributed by atoms with Crippen molar-refractivity contribution in [3.8, 4) is 11.3 Å². The molecule has 1 aliphatic rings. The molecule has 0 spiro atoms. The van der Waals surface area contributed by atoms with Gasteiger partial charge in [-0.2, -0.15) is 4.68 Å². The van der Waals surface area contributed by atoms with Gasteiger partial charge in [0.1, 0.15) is 12.0 Å². The van der Waals surface area contributed by atoms with Gasteiger partial charge >= 0.3 is 6.03 Å². The van der Waals surface area contributed by atoms with Crippen molar-refractivity contribution in [1.29, 1.82) is 0 Å². The number of hydrogen-bond donors (Lipinski definition) is 3. The number of carbonyl (C=O) groups is 1. The zero-order valence-corrected chi connectivity index (χ0v) is 17.1. The number of benzene rings is 1. The van der Waals surface area contributed by atoms with Crippen LogP contribution in [-0.2, 0) is 5.41 Å². The summed E-state index contributed by atoms with van der Waals surface area (Å²) >= 11 is 0. The number of fused-ring (bicyclic) bond motifs is 1. The van der Waals surface area contributed by atoms with Gasteiger partial charge in [0.25, 0.3) is 0 Å². The predicted molar refractivity (Wildman–Crippen MR) is 119 cm³/mol. The van der Waals surface area contributed by atoms with Crippen molar-refractivity contribution in [1.82, 2.24) is 25.0 Å². The molecule has 1 fully saturated rings. The van der Waals surface area contributed by atoms with Crippen LogP contribution in [-0.4, -0.2) is 43.7 Å². The van der Waals surface area contributed by atoms with Gasteiger partial charge in [0.15, 0.2) is 5.82 Å². The second-order valence-electron chi connectivity index (χ2n) is 8.03. The van der Waals surface area contributed by atoms with Crippen molar-refractivity contribution >= 4 is 28.6 Å². The van der Waals surface area contributed by atoms with Crippen LogP contribution in [0, 0.1) is 0 Å². The summed E-state index contributed by atoms with van der Waals surface area (Å²) in [5.74, 6) is 0.798. The summed E-state index contributed by atoms with van der Waals surface area (Å²) in [6.07, 6.45) is 1.79. The minimum atomic E-state index is -0.812. The highest BCUT2D eigenvalue weighted by Gasteiger charge is 2.47. The summed E-state index contributed by atoms with van der Waals surface area (Å²) in [5.41, 5.74) is 13.7. The molecular formula is C22H21FN8O. The van der Waals surface area contributed by atoms with Crippen molar-refractivity contribution in [2.24, 2.45) is 5.73 Å². The highest BCUT2D eigenvalue weighted by molar-refractivity contribution is 5.97. The lowest BCUT2D eigenvalue weighted by Crippen LogP contribution is -2.48. The molecule has 4 aromatic rings. The van der Waals surface area contributed by atoms with Crippen molar-refractivity contribution in [3.63, 3.8) is 0 Å². The van der Waals surface area contributed by atoms with E-state index >= 15 is 0 Å². The number of amides is 1. The molecule has 10 heteroatoms. The predicted octanol–water partition coefficient (Wildman–Crippen LogP) is 2.88. The fourth-order valence-electron chi connectivity index (χ4n) is 4.22. The fraction of sp³-hybridized carbons (Fsp3) is 0.227. The molecule has 3 heterocycles. The molecule has 3 aromatic heterocycles. The van der Waals surface area contributed by atoms with Crippen LogP contribution in [0.3, 0.4) is 0 Å². The minimum absolute atomic E-state index is 0.207. The molecule has 32 heavy (non-hydrogen) atoms. The minimum Gasteiger partial charge on any atom is -0.382 e. The Morgan fingerprint density at radius 1 is 1.19 bits per heavy atom. The molecule has 0 aliphatic heterocycles. The van der Waals surface area contributed by atoms with E-state index in [1.54, 1.807) is 24.4 Å². The second kappa shape index (κ2) is 7.56. The average Bonchev–Trinajstić information content (AvgIpc) is 3.13. The molecule has 5 N–H and O–H groups in total. The molecule has 0 saturated heterocycles. The lowest BCUT2D eigenvalue weighted by Gasteiger charge is -2.43. The lowest BCUT2D eigenvalue weighted by molar-refractivity contribution is 0.0996. The van der Waals surface area contributed by atoms with Crippen LogP contribution in [0.2, 0.25) is 0 Å². The zero-order valence-electron chi connectivity index (χ0n) is 17.1. The second-order valence-corrected chi connectivity index (χ2v) is 8.03. The molecule has 162 valence electrons. The third kappa shape index (κ3) is 3.39. The van der Waals surface area contributed by atoms with E-state index in [1.807, 2.05) is 30.3 Å². The number of rotatable bonds is 5. The maximum absolute atomic E-state index is 13.7. The van der Waals surface area contributed by atoms with Gasteiger partial charge in [0, 0.05) is 34.8 Å². The monoisotopic (exact) mass is 432 g/mol. The van der Waals surface area contributed by atoms with Gasteiger partial charge in [0.05, 0.1) is 11.2 Å². The number of nitrogens with zero attached hydrogens (tertiary/aromatic N) is 5. The van der Waals surface area contributed by atoms with E-state index in [0.29, 0.717) is 41.8 Å². The maximum atomic E-state index is 13.7. The Balaban J connectivity index is 1.34. The Kier molecular flexibility index (Phi) is 4.69. The number of primary amides is 1. The van der Waals surface area contributed by atoms with Gasteiger partial charge in [-0.15, -0.1) is 15.3 Å². The van der Waals surface area contributed by atoms with E-state index in [0.717, 1.165) is 15.9 Å². The summed E-state index contributed by atoms with van der Waals surface area (Å²) in [5, 5.41) is 16.4. The Morgan fingerprint density at radius 2 is 2.03 bits per heavy atom. The number of aromatic nitrogens is 5. The summed E-state index contributed by atoms with van der Waals surface area (Å²) in [4.78, 5) is 15.9. The van der Waals surface area contributed by atoms with Crippen LogP contribution in [0.5, 0.6) is 0 Å². The normalized spacial score (nSPS) is 20.1. The molecule has 9 nitrogen and oxygen atoms in total. The summed E-state index contributed by atoms with van der Waals surface area (Å²) in [7, 11) is 0. The Morgan fingerprint density at radius 3 is 2.69 bits per heavy atom. The van der Waals surface area contributed by atoms with Crippen molar-refractivity contribution in [2.45, 2.75) is 24.4 Å². The third-order valence-electron chi connectivity index (χ3n) is 5.92. The molecule has 0 bridgehead atoms. The number of carbonyl (C=O) groups excluding carboxylic acids is 1. The first-order valence-electron chi connectivity index (χ1n) is 10.2. The standard InChI is InChI=1S/C22H21FN8O/c23-14-10-22(11-14,18-3-1-2-8-26-18)12-27-19-7-5-16(28-29-19)13-4-6-17-15(9-13)20(24)30-31(17)21(25)32/h1-9,14H,10-12H2,(H2,24,30)(H2,25,32)(H,27,29). The van der Waals surface area contributed by atoms with Crippen molar-refractivity contribution < 1.29 is 9.18 Å². The van der Waals surface area contributed by atoms with E-state index < -0.39 is 12.2 Å². The Hall–Kier alpha value is -4.08. The van der Waals surface area contributed by atoms with E-state index in [9.17, 15) is 9.18 Å². The Labute approximate surface area is 182 Å². The SMILES string of the molecule is NC(=O)n1nc(N)c2cc(-c3ccc(NCC4(c5ccccn5)CC(F)C4)nn3)ccc21. The number of anilines is 2. The molecule has 1 aliphatic carbocycles. The highest BCUT2D eigenvalue weighted by atomic mass is 19.1. The van der Waals surface area contributed by atoms with E-state index in [-0.39, 0.29) is 11.2 Å². The van der Waals surface area contributed by atoms with Crippen molar-refractivity contribution in [2.75, 3.05) is 17.6 Å². The first kappa shape index (κ1) is 19.9. The van der Waals surface area contributed by atoms with Gasteiger partial charge < -0.3 is 16.8 Å². The van der Waals surface area contributed by atoms with Crippen LogP contribution >= 0.6 is 0 Å². The number of pyridine rings is 1. The quantitative estimate of drug-likeness (QED) is 0.441. The smallest absolute Gasteiger partial charge is 0.340 e. The average molecular weight is 432 g/mol. The van der Waals surface area contributed by atoms with E-state index in [1.165, 1.54) is 0 Å². The first-order valence-corrected chi connectivity index (χ1v) is 10.2. The fourth-order valence-corrected chi connectivity index (χ4v) is 4.22. The van der Waals surface area contributed by atoms with E-state index in [4.69, 9.17) is 11.5 Å². The summed E-state index contributed by atoms with van der Waals surface area (Å²) in [6, 6.07) is 14.0. The van der Waals surface area contributed by atoms with Gasteiger partial charge in [-0.05, 0) is 49.2 Å². The number of nitrogens with one attached hydrogen (secondary N) is 1. The lowest BCUT2D eigenvalue weighted by atomic mass is 9.65. The molecule has 1 saturated carbocycles. The first-order chi connectivity index (χ1) is 15.4. The number of alkyl halides is 1. The zero-order chi connectivity index (χ0) is 22.3. The van der Waals surface area contributed by atoms with Crippen LogP contribution in [0.4, 0.5) is 20.8 Å². The number of nitrogens with two attached hydrogens (primary N) is 2. The molecule has 1 amide bonds. The van der Waals surface area contributed by atoms with Crippen LogP contribution < -0.4 is 16.8 Å². The van der Waals surface area contributed by atoms with Gasteiger partial charge in [-0.3, -0.25) is 4.98 Å². The Bertz CT molecular complexity index is 1280. The topological polar surface area (TPSA) is 138 Å². The molecular weight excluding hydrogens is 411 g/mol. The molecule has 1 aromatic carbocycles. The number of nitrogen functional groups attached to an aromatic ring is 1. The molecule has 0 atom stereocenters. The van der Waals surface area contributed by atoms with Crippen molar-refractivity contribution in [3.05, 3.63) is 60.4 Å². The number of hydrogen-bond acceptors (Lipinski definition) is 7. The highest BCUT2D eigenvalue weighted by Crippen LogP contribution is 2.44. The van der Waals surface area contributed by atoms with Crippen LogP contribution in [0.1, 0.15) is 18.5 Å². The van der Waals surface area contributed by atoms with Crippen LogP contribution in [0.25, 0.3) is 22.2 Å². The maximum Gasteiger partial charge on any atom is 0.340 e. The van der Waals surface area contributed by atoms with Gasteiger partial charge in [0.2, 0.25) is 0 Å². The largest absolute Gasteiger partial charge is 0.382 e. The molecule has 5 rings (SSSR count).